The standard InChI is InChI=1S/C15H19N5O2/c1-15(2,3)19-13-9-16-20-14(18-13)17-10-4-5-11-12(8-10)22-7-6-21-11/h4-5,8-9H,6-7H2,1-3H3,(H2,17,18,19,20). The lowest BCUT2D eigenvalue weighted by Gasteiger charge is -2.21. The van der Waals surface area contributed by atoms with Crippen LogP contribution in [-0.2, 0) is 0 Å². The molecule has 0 fully saturated rings. The minimum atomic E-state index is -0.0930. The number of hydrogen-bond donors (Lipinski definition) is 2. The highest BCUT2D eigenvalue weighted by molar-refractivity contribution is 5.60. The molecule has 1 aromatic carbocycles. The molecule has 0 atom stereocenters. The van der Waals surface area contributed by atoms with Crippen molar-refractivity contribution in [1.29, 1.82) is 0 Å². The molecule has 2 heterocycles. The van der Waals surface area contributed by atoms with Crippen molar-refractivity contribution in [2.45, 2.75) is 26.3 Å². The van der Waals surface area contributed by atoms with Gasteiger partial charge in [-0.05, 0) is 32.9 Å². The number of benzene rings is 1. The first-order chi connectivity index (χ1) is 10.5. The van der Waals surface area contributed by atoms with Gasteiger partial charge >= 0.3 is 0 Å². The summed E-state index contributed by atoms with van der Waals surface area (Å²) >= 11 is 0. The highest BCUT2D eigenvalue weighted by Crippen LogP contribution is 2.33. The molecule has 2 N–H and O–H groups in total. The number of hydrogen-bond acceptors (Lipinski definition) is 7. The molecule has 116 valence electrons. The Morgan fingerprint density at radius 1 is 1.09 bits per heavy atom. The summed E-state index contributed by atoms with van der Waals surface area (Å²) in [6.07, 6.45) is 1.60. The van der Waals surface area contributed by atoms with E-state index in [2.05, 4.69) is 46.6 Å². The molecule has 0 radical (unpaired) electrons. The van der Waals surface area contributed by atoms with Crippen molar-refractivity contribution >= 4 is 17.5 Å². The zero-order valence-corrected chi connectivity index (χ0v) is 12.9. The largest absolute Gasteiger partial charge is 0.486 e. The number of rotatable bonds is 3. The molecule has 1 aliphatic rings. The van der Waals surface area contributed by atoms with Crippen LogP contribution in [0.2, 0.25) is 0 Å². The average Bonchev–Trinajstić information content (AvgIpc) is 2.46. The van der Waals surface area contributed by atoms with Gasteiger partial charge in [0.2, 0.25) is 5.95 Å². The SMILES string of the molecule is CC(C)(C)Nc1cnnc(Nc2ccc3c(c2)OCCO3)n1. The number of nitrogens with zero attached hydrogens (tertiary/aromatic N) is 3. The second-order valence-corrected chi connectivity index (χ2v) is 6.02. The summed E-state index contributed by atoms with van der Waals surface area (Å²) in [6.45, 7) is 7.31. The Balaban J connectivity index is 1.77. The third-order valence-corrected chi connectivity index (χ3v) is 2.86. The molecule has 3 rings (SSSR count). The van der Waals surface area contributed by atoms with Gasteiger partial charge in [-0.2, -0.15) is 10.1 Å². The Kier molecular flexibility index (Phi) is 3.70. The Morgan fingerprint density at radius 2 is 1.86 bits per heavy atom. The second kappa shape index (κ2) is 5.67. The third kappa shape index (κ3) is 3.55. The average molecular weight is 301 g/mol. The van der Waals surface area contributed by atoms with E-state index in [9.17, 15) is 0 Å². The Hall–Kier alpha value is -2.57. The van der Waals surface area contributed by atoms with Crippen molar-refractivity contribution in [3.8, 4) is 11.5 Å². The van der Waals surface area contributed by atoms with Crippen LogP contribution < -0.4 is 20.1 Å². The maximum Gasteiger partial charge on any atom is 0.249 e. The van der Waals surface area contributed by atoms with Crippen molar-refractivity contribution in [2.24, 2.45) is 0 Å². The fraction of sp³-hybridized carbons (Fsp3) is 0.400. The molecule has 0 saturated carbocycles. The van der Waals surface area contributed by atoms with Gasteiger partial charge in [-0.25, -0.2) is 0 Å². The van der Waals surface area contributed by atoms with Crippen molar-refractivity contribution in [3.05, 3.63) is 24.4 Å². The van der Waals surface area contributed by atoms with E-state index in [0.29, 0.717) is 30.7 Å². The van der Waals surface area contributed by atoms with Crippen LogP contribution in [-0.4, -0.2) is 33.9 Å². The van der Waals surface area contributed by atoms with E-state index in [-0.39, 0.29) is 5.54 Å². The molecule has 0 aliphatic carbocycles. The molecule has 7 heteroatoms. The van der Waals surface area contributed by atoms with E-state index < -0.39 is 0 Å². The summed E-state index contributed by atoms with van der Waals surface area (Å²) in [7, 11) is 0. The number of fused-ring (bicyclic) bond motifs is 1. The molecular weight excluding hydrogens is 282 g/mol. The Labute approximate surface area is 129 Å². The summed E-state index contributed by atoms with van der Waals surface area (Å²) in [5, 5.41) is 14.3. The lowest BCUT2D eigenvalue weighted by molar-refractivity contribution is 0.171. The molecule has 7 nitrogen and oxygen atoms in total. The quantitative estimate of drug-likeness (QED) is 0.901. The van der Waals surface area contributed by atoms with Crippen molar-refractivity contribution in [2.75, 3.05) is 23.8 Å². The molecule has 0 saturated heterocycles. The Bertz CT molecular complexity index is 669. The van der Waals surface area contributed by atoms with Gasteiger partial charge in [0, 0.05) is 17.3 Å². The van der Waals surface area contributed by atoms with E-state index in [4.69, 9.17) is 9.47 Å². The normalized spacial score (nSPS) is 13.6. The van der Waals surface area contributed by atoms with Gasteiger partial charge in [0.1, 0.15) is 13.2 Å². The third-order valence-electron chi connectivity index (χ3n) is 2.86. The second-order valence-electron chi connectivity index (χ2n) is 6.02. The highest BCUT2D eigenvalue weighted by Gasteiger charge is 2.13. The van der Waals surface area contributed by atoms with Gasteiger partial charge < -0.3 is 20.1 Å². The predicted octanol–water partition coefficient (Wildman–Crippen LogP) is 2.60. The summed E-state index contributed by atoms with van der Waals surface area (Å²) in [5.41, 5.74) is 0.726. The van der Waals surface area contributed by atoms with Crippen LogP contribution in [0.3, 0.4) is 0 Å². The highest BCUT2D eigenvalue weighted by atomic mass is 16.6. The monoisotopic (exact) mass is 301 g/mol. The van der Waals surface area contributed by atoms with Crippen LogP contribution in [0.15, 0.2) is 24.4 Å². The summed E-state index contributed by atoms with van der Waals surface area (Å²) in [6, 6.07) is 5.62. The molecule has 2 aromatic rings. The number of aromatic nitrogens is 3. The van der Waals surface area contributed by atoms with Gasteiger partial charge in [0.05, 0.1) is 6.20 Å². The fourth-order valence-electron chi connectivity index (χ4n) is 2.05. The summed E-state index contributed by atoms with van der Waals surface area (Å²) in [4.78, 5) is 4.40. The molecule has 0 amide bonds. The molecule has 1 aliphatic heterocycles. The van der Waals surface area contributed by atoms with E-state index in [1.54, 1.807) is 6.20 Å². The Morgan fingerprint density at radius 3 is 2.64 bits per heavy atom. The van der Waals surface area contributed by atoms with Gasteiger partial charge in [-0.15, -0.1) is 5.10 Å². The summed E-state index contributed by atoms with van der Waals surface area (Å²) in [5.74, 6) is 2.56. The minimum absolute atomic E-state index is 0.0930. The van der Waals surface area contributed by atoms with Gasteiger partial charge in [-0.1, -0.05) is 0 Å². The first kappa shape index (κ1) is 14.4. The van der Waals surface area contributed by atoms with E-state index >= 15 is 0 Å². The van der Waals surface area contributed by atoms with Crippen molar-refractivity contribution in [3.63, 3.8) is 0 Å². The molecular formula is C15H19N5O2. The summed E-state index contributed by atoms with van der Waals surface area (Å²) < 4.78 is 11.1. The lowest BCUT2D eigenvalue weighted by atomic mass is 10.1. The van der Waals surface area contributed by atoms with Crippen molar-refractivity contribution < 1.29 is 9.47 Å². The number of nitrogens with one attached hydrogen (secondary N) is 2. The molecule has 1 aromatic heterocycles. The number of anilines is 3. The first-order valence-corrected chi connectivity index (χ1v) is 7.14. The topological polar surface area (TPSA) is 81.2 Å². The van der Waals surface area contributed by atoms with Crippen LogP contribution in [0.5, 0.6) is 11.5 Å². The molecule has 0 bridgehead atoms. The van der Waals surface area contributed by atoms with Gasteiger partial charge in [0.15, 0.2) is 17.3 Å². The van der Waals surface area contributed by atoms with E-state index in [1.807, 2.05) is 18.2 Å². The maximum atomic E-state index is 5.56. The van der Waals surface area contributed by atoms with E-state index in [0.717, 1.165) is 11.4 Å². The van der Waals surface area contributed by atoms with Crippen LogP contribution >= 0.6 is 0 Å². The maximum absolute atomic E-state index is 5.56. The zero-order valence-electron chi connectivity index (χ0n) is 12.9. The van der Waals surface area contributed by atoms with Crippen LogP contribution in [0, 0.1) is 0 Å². The zero-order chi connectivity index (χ0) is 15.6. The fourth-order valence-corrected chi connectivity index (χ4v) is 2.05. The number of ether oxygens (including phenoxy) is 2. The first-order valence-electron chi connectivity index (χ1n) is 7.14. The van der Waals surface area contributed by atoms with Crippen molar-refractivity contribution in [1.82, 2.24) is 15.2 Å². The van der Waals surface area contributed by atoms with Gasteiger partial charge in [0.25, 0.3) is 0 Å². The molecule has 0 spiro atoms. The minimum Gasteiger partial charge on any atom is -0.486 e. The smallest absolute Gasteiger partial charge is 0.249 e. The van der Waals surface area contributed by atoms with Gasteiger partial charge in [-0.3, -0.25) is 0 Å². The van der Waals surface area contributed by atoms with Crippen LogP contribution in [0.25, 0.3) is 0 Å². The van der Waals surface area contributed by atoms with Crippen LogP contribution in [0.4, 0.5) is 17.5 Å². The molecule has 0 unspecified atom stereocenters. The van der Waals surface area contributed by atoms with Crippen LogP contribution in [0.1, 0.15) is 20.8 Å². The lowest BCUT2D eigenvalue weighted by Crippen LogP contribution is -2.27. The van der Waals surface area contributed by atoms with E-state index in [1.165, 1.54) is 0 Å². The molecule has 22 heavy (non-hydrogen) atoms. The predicted molar refractivity (Wildman–Crippen MR) is 83.9 cm³/mol.